The second kappa shape index (κ2) is 4.04. The zero-order chi connectivity index (χ0) is 14.0. The highest BCUT2D eigenvalue weighted by atomic mass is 32.2. The van der Waals surface area contributed by atoms with Crippen LogP contribution in [-0.4, -0.2) is 0 Å². The van der Waals surface area contributed by atoms with E-state index >= 15 is 0 Å². The Morgan fingerprint density at radius 1 is 0.789 bits per heavy atom. The predicted octanol–water partition coefficient (Wildman–Crippen LogP) is 5.90. The van der Waals surface area contributed by atoms with Crippen molar-refractivity contribution in [3.8, 4) is 0 Å². The van der Waals surface area contributed by atoms with Gasteiger partial charge in [-0.2, -0.15) is 0 Å². The van der Waals surface area contributed by atoms with Crippen LogP contribution in [-0.2, 0) is 10.8 Å². The molecule has 0 amide bonds. The molecule has 2 heterocycles. The maximum Gasteiger partial charge on any atom is 0.0310 e. The van der Waals surface area contributed by atoms with Crippen LogP contribution in [0.2, 0.25) is 0 Å². The average molecular weight is 274 g/mol. The highest BCUT2D eigenvalue weighted by Gasteiger charge is 2.43. The molecule has 1 aromatic rings. The third-order valence-electron chi connectivity index (χ3n) is 4.57. The van der Waals surface area contributed by atoms with Crippen LogP contribution in [0.4, 0.5) is 0 Å². The van der Waals surface area contributed by atoms with Gasteiger partial charge in [0.15, 0.2) is 0 Å². The smallest absolute Gasteiger partial charge is 0.0310 e. The Hall–Kier alpha value is -0.430. The Bertz CT molecular complexity index is 467. The molecule has 1 aromatic carbocycles. The van der Waals surface area contributed by atoms with Crippen molar-refractivity contribution in [2.24, 2.45) is 0 Å². The zero-order valence-electron chi connectivity index (χ0n) is 13.1. The van der Waals surface area contributed by atoms with Gasteiger partial charge in [-0.15, -0.1) is 11.8 Å². The second-order valence-electron chi connectivity index (χ2n) is 8.18. The van der Waals surface area contributed by atoms with Gasteiger partial charge in [-0.05, 0) is 45.9 Å². The first-order valence-corrected chi connectivity index (χ1v) is 8.47. The third kappa shape index (κ3) is 2.05. The molecule has 1 saturated heterocycles. The maximum atomic E-state index is 2.42. The van der Waals surface area contributed by atoms with Gasteiger partial charge in [-0.25, -0.2) is 0 Å². The lowest BCUT2D eigenvalue weighted by molar-refractivity contribution is 0.550. The number of hydrogen-bond donors (Lipinski definition) is 0. The normalized spacial score (nSPS) is 25.8. The van der Waals surface area contributed by atoms with Gasteiger partial charge in [-0.1, -0.05) is 53.7 Å². The van der Waals surface area contributed by atoms with Crippen LogP contribution in [0.1, 0.15) is 87.1 Å². The topological polar surface area (TPSA) is 0 Å². The largest absolute Gasteiger partial charge is 0.146 e. The summed E-state index contributed by atoms with van der Waals surface area (Å²) < 4.78 is 0. The van der Waals surface area contributed by atoms with E-state index in [1.807, 2.05) is 0 Å². The van der Waals surface area contributed by atoms with Crippen molar-refractivity contribution in [1.29, 1.82) is 0 Å². The van der Waals surface area contributed by atoms with Crippen molar-refractivity contribution in [1.82, 2.24) is 0 Å². The SMILES string of the molecule is CC(C)(C)c1ccc(C(C)(C)C)c2c1C1CCC2S1. The summed E-state index contributed by atoms with van der Waals surface area (Å²) in [6, 6.07) is 4.83. The molecular weight excluding hydrogens is 248 g/mol. The van der Waals surface area contributed by atoms with Crippen molar-refractivity contribution >= 4 is 11.8 Å². The molecule has 104 valence electrons. The minimum absolute atomic E-state index is 0.269. The van der Waals surface area contributed by atoms with E-state index in [0.29, 0.717) is 0 Å². The Labute approximate surface area is 122 Å². The van der Waals surface area contributed by atoms with Gasteiger partial charge in [0, 0.05) is 10.5 Å². The lowest BCUT2D eigenvalue weighted by Crippen LogP contribution is -2.21. The Morgan fingerprint density at radius 3 is 1.47 bits per heavy atom. The van der Waals surface area contributed by atoms with Crippen molar-refractivity contribution in [2.75, 3.05) is 0 Å². The highest BCUT2D eigenvalue weighted by molar-refractivity contribution is 8.00. The standard InChI is InChI=1S/C18H26S/c1-17(2,3)11-7-8-12(18(4,5)6)16-14-10-9-13(19-14)15(11)16/h7-8,13-14H,9-10H2,1-6H3. The first-order chi connectivity index (χ1) is 8.69. The van der Waals surface area contributed by atoms with Gasteiger partial charge < -0.3 is 0 Å². The van der Waals surface area contributed by atoms with Crippen LogP contribution in [0.15, 0.2) is 12.1 Å². The quantitative estimate of drug-likeness (QED) is 0.567. The van der Waals surface area contributed by atoms with Crippen LogP contribution < -0.4 is 0 Å². The summed E-state index contributed by atoms with van der Waals surface area (Å²) in [5.41, 5.74) is 7.14. The molecule has 1 fully saturated rings. The Morgan fingerprint density at radius 2 is 1.16 bits per heavy atom. The van der Waals surface area contributed by atoms with Crippen LogP contribution in [0.25, 0.3) is 0 Å². The summed E-state index contributed by atoms with van der Waals surface area (Å²) in [7, 11) is 0. The molecule has 0 saturated carbocycles. The van der Waals surface area contributed by atoms with Gasteiger partial charge in [-0.3, -0.25) is 0 Å². The molecule has 1 heteroatoms. The minimum Gasteiger partial charge on any atom is -0.146 e. The summed E-state index contributed by atoms with van der Waals surface area (Å²) in [5, 5.41) is 1.55. The fourth-order valence-electron chi connectivity index (χ4n) is 3.70. The molecule has 19 heavy (non-hydrogen) atoms. The number of fused-ring (bicyclic) bond motifs is 5. The molecule has 2 unspecified atom stereocenters. The predicted molar refractivity (Wildman–Crippen MR) is 86.1 cm³/mol. The van der Waals surface area contributed by atoms with Gasteiger partial charge in [0.25, 0.3) is 0 Å². The molecule has 0 radical (unpaired) electrons. The first kappa shape index (κ1) is 13.5. The lowest BCUT2D eigenvalue weighted by Gasteiger charge is -2.32. The number of rotatable bonds is 0. The van der Waals surface area contributed by atoms with Crippen LogP contribution in [0, 0.1) is 0 Å². The van der Waals surface area contributed by atoms with Crippen molar-refractivity contribution in [3.05, 3.63) is 34.4 Å². The molecule has 0 aliphatic carbocycles. The zero-order valence-corrected chi connectivity index (χ0v) is 13.9. The van der Waals surface area contributed by atoms with Crippen LogP contribution >= 0.6 is 11.8 Å². The van der Waals surface area contributed by atoms with Gasteiger partial charge in [0.1, 0.15) is 0 Å². The van der Waals surface area contributed by atoms with Crippen molar-refractivity contribution in [2.45, 2.75) is 75.7 Å². The van der Waals surface area contributed by atoms with E-state index in [1.165, 1.54) is 12.8 Å². The van der Waals surface area contributed by atoms with E-state index < -0.39 is 0 Å². The van der Waals surface area contributed by atoms with Gasteiger partial charge in [0.2, 0.25) is 0 Å². The number of benzene rings is 1. The fraction of sp³-hybridized carbons (Fsp3) is 0.667. The van der Waals surface area contributed by atoms with E-state index in [-0.39, 0.29) is 10.8 Å². The molecule has 0 N–H and O–H groups in total. The summed E-state index contributed by atoms with van der Waals surface area (Å²) in [6.07, 6.45) is 2.78. The molecule has 0 nitrogen and oxygen atoms in total. The molecule has 2 aliphatic heterocycles. The van der Waals surface area contributed by atoms with E-state index in [4.69, 9.17) is 0 Å². The molecular formula is C18H26S. The van der Waals surface area contributed by atoms with Crippen molar-refractivity contribution < 1.29 is 0 Å². The average Bonchev–Trinajstić information content (AvgIpc) is 2.85. The summed E-state index contributed by atoms with van der Waals surface area (Å²) in [4.78, 5) is 0. The Balaban J connectivity index is 2.26. The maximum absolute atomic E-state index is 2.42. The Kier molecular flexibility index (Phi) is 2.88. The molecule has 2 bridgehead atoms. The van der Waals surface area contributed by atoms with E-state index in [2.05, 4.69) is 65.4 Å². The van der Waals surface area contributed by atoms with Crippen LogP contribution in [0.3, 0.4) is 0 Å². The van der Waals surface area contributed by atoms with Crippen molar-refractivity contribution in [3.63, 3.8) is 0 Å². The monoisotopic (exact) mass is 274 g/mol. The summed E-state index contributed by atoms with van der Waals surface area (Å²) in [5.74, 6) is 0. The van der Waals surface area contributed by atoms with Crippen LogP contribution in [0.5, 0.6) is 0 Å². The molecule has 0 spiro atoms. The number of thioether (sulfide) groups is 1. The number of hydrogen-bond acceptors (Lipinski definition) is 1. The van der Waals surface area contributed by atoms with E-state index in [9.17, 15) is 0 Å². The van der Waals surface area contributed by atoms with Gasteiger partial charge >= 0.3 is 0 Å². The van der Waals surface area contributed by atoms with Gasteiger partial charge in [0.05, 0.1) is 0 Å². The molecule has 0 aromatic heterocycles. The fourth-order valence-corrected chi connectivity index (χ4v) is 5.42. The molecule has 3 rings (SSSR count). The molecule has 2 atom stereocenters. The summed E-state index contributed by atoms with van der Waals surface area (Å²) in [6.45, 7) is 14.1. The summed E-state index contributed by atoms with van der Waals surface area (Å²) >= 11 is 2.22. The van der Waals surface area contributed by atoms with E-state index in [0.717, 1.165) is 10.5 Å². The highest BCUT2D eigenvalue weighted by Crippen LogP contribution is 2.64. The second-order valence-corrected chi connectivity index (χ2v) is 9.59. The minimum atomic E-state index is 0.269. The lowest BCUT2D eigenvalue weighted by atomic mass is 9.72. The molecule has 2 aliphatic rings. The third-order valence-corrected chi connectivity index (χ3v) is 6.17. The first-order valence-electron chi connectivity index (χ1n) is 7.53. The van der Waals surface area contributed by atoms with E-state index in [1.54, 1.807) is 22.3 Å².